The molecule has 1 aromatic carbocycles. The van der Waals surface area contributed by atoms with Crippen LogP contribution in [-0.2, 0) is 0 Å². The van der Waals surface area contributed by atoms with E-state index < -0.39 is 0 Å². The standard InChI is InChI=1S/C15H17ClN4/c1-11-8-17-15(18-9-11)19-13-5-6-20(10-13)14-4-2-3-12(16)7-14/h2-4,7-9,13H,5-6,10H2,1H3,(H,17,18,19). The minimum Gasteiger partial charge on any atom is -0.369 e. The van der Waals surface area contributed by atoms with E-state index in [9.17, 15) is 0 Å². The molecule has 1 unspecified atom stereocenters. The average Bonchev–Trinajstić information content (AvgIpc) is 2.90. The Morgan fingerprint density at radius 2 is 2.10 bits per heavy atom. The number of anilines is 2. The van der Waals surface area contributed by atoms with Gasteiger partial charge in [-0.1, -0.05) is 17.7 Å². The van der Waals surface area contributed by atoms with Crippen molar-refractivity contribution in [3.63, 3.8) is 0 Å². The van der Waals surface area contributed by atoms with Crippen molar-refractivity contribution in [3.05, 3.63) is 47.2 Å². The van der Waals surface area contributed by atoms with E-state index in [-0.39, 0.29) is 0 Å². The van der Waals surface area contributed by atoms with Gasteiger partial charge in [-0.05, 0) is 37.1 Å². The Bertz CT molecular complexity index is 585. The minimum atomic E-state index is 0.372. The summed E-state index contributed by atoms with van der Waals surface area (Å²) in [4.78, 5) is 10.9. The van der Waals surface area contributed by atoms with Gasteiger partial charge < -0.3 is 10.2 Å². The lowest BCUT2D eigenvalue weighted by Gasteiger charge is -2.19. The number of nitrogens with one attached hydrogen (secondary N) is 1. The summed E-state index contributed by atoms with van der Waals surface area (Å²) in [6.07, 6.45) is 4.74. The van der Waals surface area contributed by atoms with Crippen molar-refractivity contribution in [1.82, 2.24) is 9.97 Å². The highest BCUT2D eigenvalue weighted by Crippen LogP contribution is 2.24. The summed E-state index contributed by atoms with van der Waals surface area (Å²) in [5.41, 5.74) is 2.24. The summed E-state index contributed by atoms with van der Waals surface area (Å²) >= 11 is 6.04. The molecule has 0 radical (unpaired) electrons. The molecule has 1 fully saturated rings. The van der Waals surface area contributed by atoms with Crippen molar-refractivity contribution in [2.24, 2.45) is 0 Å². The van der Waals surface area contributed by atoms with Crippen molar-refractivity contribution in [2.45, 2.75) is 19.4 Å². The van der Waals surface area contributed by atoms with Crippen LogP contribution >= 0.6 is 11.6 Å². The van der Waals surface area contributed by atoms with E-state index in [0.29, 0.717) is 12.0 Å². The molecule has 3 rings (SSSR count). The van der Waals surface area contributed by atoms with Crippen LogP contribution in [0.3, 0.4) is 0 Å². The predicted molar refractivity (Wildman–Crippen MR) is 82.5 cm³/mol. The third-order valence-electron chi connectivity index (χ3n) is 3.48. The molecule has 1 aliphatic rings. The molecule has 0 bridgehead atoms. The minimum absolute atomic E-state index is 0.372. The van der Waals surface area contributed by atoms with Gasteiger partial charge in [0, 0.05) is 42.2 Å². The molecule has 0 spiro atoms. The van der Waals surface area contributed by atoms with Gasteiger partial charge in [0.2, 0.25) is 5.95 Å². The lowest BCUT2D eigenvalue weighted by molar-refractivity contribution is 0.791. The van der Waals surface area contributed by atoms with Gasteiger partial charge in [-0.15, -0.1) is 0 Å². The normalized spacial score (nSPS) is 18.3. The molecule has 0 saturated carbocycles. The van der Waals surface area contributed by atoms with E-state index in [2.05, 4.69) is 26.3 Å². The van der Waals surface area contributed by atoms with Crippen molar-refractivity contribution in [1.29, 1.82) is 0 Å². The highest BCUT2D eigenvalue weighted by atomic mass is 35.5. The van der Waals surface area contributed by atoms with E-state index in [0.717, 1.165) is 30.1 Å². The summed E-state index contributed by atoms with van der Waals surface area (Å²) < 4.78 is 0. The lowest BCUT2D eigenvalue weighted by atomic mass is 10.3. The Balaban J connectivity index is 1.63. The highest BCUT2D eigenvalue weighted by molar-refractivity contribution is 6.30. The second-order valence-corrected chi connectivity index (χ2v) is 5.58. The Morgan fingerprint density at radius 1 is 1.30 bits per heavy atom. The first-order valence-electron chi connectivity index (χ1n) is 6.76. The SMILES string of the molecule is Cc1cnc(NC2CCN(c3cccc(Cl)c3)C2)nc1. The van der Waals surface area contributed by atoms with Gasteiger partial charge in [-0.3, -0.25) is 0 Å². The van der Waals surface area contributed by atoms with Crippen molar-refractivity contribution >= 4 is 23.2 Å². The van der Waals surface area contributed by atoms with Crippen LogP contribution < -0.4 is 10.2 Å². The smallest absolute Gasteiger partial charge is 0.222 e. The first-order chi connectivity index (χ1) is 9.70. The van der Waals surface area contributed by atoms with E-state index in [1.165, 1.54) is 5.69 Å². The molecule has 1 atom stereocenters. The van der Waals surface area contributed by atoms with E-state index in [1.807, 2.05) is 37.5 Å². The first kappa shape index (κ1) is 13.2. The largest absolute Gasteiger partial charge is 0.369 e. The monoisotopic (exact) mass is 288 g/mol. The fraction of sp³-hybridized carbons (Fsp3) is 0.333. The highest BCUT2D eigenvalue weighted by Gasteiger charge is 2.23. The number of hydrogen-bond acceptors (Lipinski definition) is 4. The number of aromatic nitrogens is 2. The molecule has 20 heavy (non-hydrogen) atoms. The quantitative estimate of drug-likeness (QED) is 0.942. The molecule has 5 heteroatoms. The molecule has 2 heterocycles. The summed E-state index contributed by atoms with van der Waals surface area (Å²) in [7, 11) is 0. The zero-order valence-corrected chi connectivity index (χ0v) is 12.1. The summed E-state index contributed by atoms with van der Waals surface area (Å²) in [6.45, 7) is 3.95. The van der Waals surface area contributed by atoms with Crippen molar-refractivity contribution in [2.75, 3.05) is 23.3 Å². The molecule has 1 saturated heterocycles. The average molecular weight is 289 g/mol. The zero-order chi connectivity index (χ0) is 13.9. The number of rotatable bonds is 3. The molecular formula is C15H17ClN4. The van der Waals surface area contributed by atoms with Crippen molar-refractivity contribution in [3.8, 4) is 0 Å². The number of hydrogen-bond donors (Lipinski definition) is 1. The third kappa shape index (κ3) is 3.02. The fourth-order valence-electron chi connectivity index (χ4n) is 2.44. The van der Waals surface area contributed by atoms with E-state index >= 15 is 0 Å². The molecule has 104 valence electrons. The molecule has 0 amide bonds. The topological polar surface area (TPSA) is 41.1 Å². The van der Waals surface area contributed by atoms with Crippen LogP contribution in [0.1, 0.15) is 12.0 Å². The second kappa shape index (κ2) is 5.67. The van der Waals surface area contributed by atoms with Gasteiger partial charge in [-0.2, -0.15) is 0 Å². The molecule has 2 aromatic rings. The van der Waals surface area contributed by atoms with Crippen LogP contribution in [0.2, 0.25) is 5.02 Å². The van der Waals surface area contributed by atoms with Gasteiger partial charge in [0.05, 0.1) is 0 Å². The number of benzene rings is 1. The predicted octanol–water partition coefficient (Wildman–Crippen LogP) is 3.13. The van der Waals surface area contributed by atoms with Gasteiger partial charge >= 0.3 is 0 Å². The molecule has 0 aliphatic carbocycles. The van der Waals surface area contributed by atoms with Crippen LogP contribution in [-0.4, -0.2) is 29.1 Å². The number of aryl methyl sites for hydroxylation is 1. The summed E-state index contributed by atoms with van der Waals surface area (Å²) in [5.74, 6) is 0.702. The van der Waals surface area contributed by atoms with Gasteiger partial charge in [-0.25, -0.2) is 9.97 Å². The van der Waals surface area contributed by atoms with Gasteiger partial charge in [0.25, 0.3) is 0 Å². The number of halogens is 1. The van der Waals surface area contributed by atoms with E-state index in [4.69, 9.17) is 11.6 Å². The van der Waals surface area contributed by atoms with Crippen LogP contribution in [0.25, 0.3) is 0 Å². The Labute approximate surface area is 123 Å². The molecule has 1 aliphatic heterocycles. The summed E-state index contributed by atoms with van der Waals surface area (Å²) in [5, 5.41) is 4.16. The maximum atomic E-state index is 6.04. The molecular weight excluding hydrogens is 272 g/mol. The van der Waals surface area contributed by atoms with Crippen LogP contribution in [0, 0.1) is 6.92 Å². The first-order valence-corrected chi connectivity index (χ1v) is 7.14. The Kier molecular flexibility index (Phi) is 3.74. The maximum absolute atomic E-state index is 6.04. The van der Waals surface area contributed by atoms with Gasteiger partial charge in [0.15, 0.2) is 0 Å². The molecule has 1 N–H and O–H groups in total. The summed E-state index contributed by atoms with van der Waals surface area (Å²) in [6, 6.07) is 8.36. The molecule has 1 aromatic heterocycles. The van der Waals surface area contributed by atoms with E-state index in [1.54, 1.807) is 0 Å². The Morgan fingerprint density at radius 3 is 2.85 bits per heavy atom. The van der Waals surface area contributed by atoms with Crippen LogP contribution in [0.4, 0.5) is 11.6 Å². The zero-order valence-electron chi connectivity index (χ0n) is 11.4. The van der Waals surface area contributed by atoms with Gasteiger partial charge in [0.1, 0.15) is 0 Å². The van der Waals surface area contributed by atoms with Crippen LogP contribution in [0.15, 0.2) is 36.7 Å². The second-order valence-electron chi connectivity index (χ2n) is 5.14. The molecule has 4 nitrogen and oxygen atoms in total. The number of nitrogens with zero attached hydrogens (tertiary/aromatic N) is 3. The lowest BCUT2D eigenvalue weighted by Crippen LogP contribution is -2.26. The fourth-order valence-corrected chi connectivity index (χ4v) is 2.62. The third-order valence-corrected chi connectivity index (χ3v) is 3.71. The maximum Gasteiger partial charge on any atom is 0.222 e. The Hall–Kier alpha value is -1.81. The van der Waals surface area contributed by atoms with Crippen LogP contribution in [0.5, 0.6) is 0 Å². The van der Waals surface area contributed by atoms with Crippen molar-refractivity contribution < 1.29 is 0 Å².